The largest absolute Gasteiger partial charge is 0.486 e. The minimum atomic E-state index is -0.435. The highest BCUT2D eigenvalue weighted by molar-refractivity contribution is 7.15. The summed E-state index contributed by atoms with van der Waals surface area (Å²) in [5, 5.41) is 3.54. The second kappa shape index (κ2) is 7.29. The molecule has 0 bridgehead atoms. The predicted octanol–water partition coefficient (Wildman–Crippen LogP) is 3.51. The number of fused-ring (bicyclic) bond motifs is 1. The fraction of sp³-hybridized carbons (Fsp3) is 0.476. The first-order valence-corrected chi connectivity index (χ1v) is 10.4. The molecule has 6 nitrogen and oxygen atoms in total. The first kappa shape index (κ1) is 19.1. The van der Waals surface area contributed by atoms with Crippen LogP contribution in [0.2, 0.25) is 0 Å². The highest BCUT2D eigenvalue weighted by atomic mass is 32.1. The highest BCUT2D eigenvalue weighted by Gasteiger charge is 2.43. The molecule has 1 amide bonds. The number of likely N-dealkylation sites (tertiary alicyclic amines) is 1. The SMILES string of the molecule is Cc1ccc2c(c1)C(=O)CC1(CCN(CC(=O)Nc3nc(C)c(C)s3)CC1)O2. The molecule has 1 aromatic heterocycles. The van der Waals surface area contributed by atoms with Crippen molar-refractivity contribution in [1.29, 1.82) is 0 Å². The van der Waals surface area contributed by atoms with Crippen LogP contribution in [-0.4, -0.2) is 46.8 Å². The Labute approximate surface area is 168 Å². The van der Waals surface area contributed by atoms with Crippen LogP contribution in [0.5, 0.6) is 5.75 Å². The van der Waals surface area contributed by atoms with Gasteiger partial charge in [0, 0.05) is 30.8 Å². The van der Waals surface area contributed by atoms with E-state index >= 15 is 0 Å². The third-order valence-electron chi connectivity index (χ3n) is 5.65. The van der Waals surface area contributed by atoms with Crippen LogP contribution in [-0.2, 0) is 4.79 Å². The van der Waals surface area contributed by atoms with E-state index in [1.54, 1.807) is 0 Å². The average molecular weight is 400 g/mol. The molecule has 2 aromatic rings. The van der Waals surface area contributed by atoms with Gasteiger partial charge in [0.15, 0.2) is 10.9 Å². The van der Waals surface area contributed by atoms with Gasteiger partial charge in [-0.15, -0.1) is 11.3 Å². The van der Waals surface area contributed by atoms with Gasteiger partial charge in [0.1, 0.15) is 11.4 Å². The van der Waals surface area contributed by atoms with Crippen molar-refractivity contribution in [1.82, 2.24) is 9.88 Å². The van der Waals surface area contributed by atoms with Crippen LogP contribution in [0.3, 0.4) is 0 Å². The van der Waals surface area contributed by atoms with Gasteiger partial charge in [-0.25, -0.2) is 4.98 Å². The molecule has 2 aliphatic heterocycles. The van der Waals surface area contributed by atoms with Crippen molar-refractivity contribution in [3.8, 4) is 5.75 Å². The van der Waals surface area contributed by atoms with E-state index in [0.717, 1.165) is 42.1 Å². The van der Waals surface area contributed by atoms with Gasteiger partial charge in [-0.05, 0) is 32.9 Å². The Kier molecular flexibility index (Phi) is 4.97. The Balaban J connectivity index is 1.35. The van der Waals surface area contributed by atoms with Gasteiger partial charge < -0.3 is 10.1 Å². The molecule has 0 aliphatic carbocycles. The molecule has 1 aromatic carbocycles. The van der Waals surface area contributed by atoms with Crippen LogP contribution in [0.15, 0.2) is 18.2 Å². The minimum Gasteiger partial charge on any atom is -0.486 e. The molecule has 7 heteroatoms. The number of amides is 1. The van der Waals surface area contributed by atoms with Gasteiger partial charge >= 0.3 is 0 Å². The van der Waals surface area contributed by atoms with Crippen molar-refractivity contribution in [3.05, 3.63) is 39.9 Å². The second-order valence-electron chi connectivity index (χ2n) is 7.87. The summed E-state index contributed by atoms with van der Waals surface area (Å²) in [5.41, 5.74) is 2.28. The fourth-order valence-corrected chi connectivity index (χ4v) is 4.72. The molecular weight excluding hydrogens is 374 g/mol. The molecule has 0 saturated carbocycles. The minimum absolute atomic E-state index is 0.0499. The summed E-state index contributed by atoms with van der Waals surface area (Å²) < 4.78 is 6.29. The number of benzene rings is 1. The summed E-state index contributed by atoms with van der Waals surface area (Å²) in [6.07, 6.45) is 1.91. The Morgan fingerprint density at radius 2 is 2.04 bits per heavy atom. The summed E-state index contributed by atoms with van der Waals surface area (Å²) >= 11 is 1.50. The number of rotatable bonds is 3. The van der Waals surface area contributed by atoms with Crippen LogP contribution in [0.4, 0.5) is 5.13 Å². The third kappa shape index (κ3) is 3.82. The summed E-state index contributed by atoms with van der Waals surface area (Å²) in [7, 11) is 0. The number of aryl methyl sites for hydroxylation is 3. The summed E-state index contributed by atoms with van der Waals surface area (Å²) in [6, 6.07) is 5.79. The number of Topliss-reactive ketones (excluding diaryl/α,β-unsaturated/α-hetero) is 1. The van der Waals surface area contributed by atoms with Crippen LogP contribution < -0.4 is 10.1 Å². The second-order valence-corrected chi connectivity index (χ2v) is 9.07. The van der Waals surface area contributed by atoms with Gasteiger partial charge in [0.05, 0.1) is 24.2 Å². The molecule has 1 spiro atoms. The van der Waals surface area contributed by atoms with E-state index in [4.69, 9.17) is 4.74 Å². The molecule has 1 N–H and O–H groups in total. The normalized spacial score (nSPS) is 18.6. The lowest BCUT2D eigenvalue weighted by Crippen LogP contribution is -2.52. The van der Waals surface area contributed by atoms with Crippen molar-refractivity contribution >= 4 is 28.2 Å². The number of nitrogens with one attached hydrogen (secondary N) is 1. The van der Waals surface area contributed by atoms with E-state index in [-0.39, 0.29) is 11.7 Å². The zero-order valence-corrected chi connectivity index (χ0v) is 17.3. The molecule has 0 atom stereocenters. The average Bonchev–Trinajstić information content (AvgIpc) is 2.95. The van der Waals surface area contributed by atoms with Crippen molar-refractivity contribution in [2.75, 3.05) is 25.0 Å². The first-order chi connectivity index (χ1) is 13.3. The number of anilines is 1. The maximum Gasteiger partial charge on any atom is 0.240 e. The van der Waals surface area contributed by atoms with E-state index in [9.17, 15) is 9.59 Å². The number of carbonyl (C=O) groups is 2. The lowest BCUT2D eigenvalue weighted by molar-refractivity contribution is -0.118. The zero-order chi connectivity index (χ0) is 19.9. The highest BCUT2D eigenvalue weighted by Crippen LogP contribution is 2.39. The molecular formula is C21H25N3O3S. The molecule has 1 saturated heterocycles. The predicted molar refractivity (Wildman–Crippen MR) is 109 cm³/mol. The Hall–Kier alpha value is -2.25. The van der Waals surface area contributed by atoms with E-state index in [2.05, 4.69) is 15.2 Å². The van der Waals surface area contributed by atoms with E-state index in [1.165, 1.54) is 11.3 Å². The molecule has 0 radical (unpaired) electrons. The third-order valence-corrected chi connectivity index (χ3v) is 6.64. The molecule has 3 heterocycles. The zero-order valence-electron chi connectivity index (χ0n) is 16.5. The maximum absolute atomic E-state index is 12.6. The number of carbonyl (C=O) groups excluding carboxylic acids is 2. The van der Waals surface area contributed by atoms with E-state index in [0.29, 0.717) is 29.4 Å². The number of thiazole rings is 1. The van der Waals surface area contributed by atoms with Gasteiger partial charge in [-0.3, -0.25) is 14.5 Å². The standard InChI is InChI=1S/C21H25N3O3S/c1-13-4-5-18-16(10-13)17(25)11-21(27-18)6-8-24(9-7-21)12-19(26)23-20-22-14(2)15(3)28-20/h4-5,10H,6-9,11-12H2,1-3H3,(H,22,23,26). The maximum atomic E-state index is 12.6. The summed E-state index contributed by atoms with van der Waals surface area (Å²) in [5.74, 6) is 0.805. The number of aromatic nitrogens is 1. The van der Waals surface area contributed by atoms with Gasteiger partial charge in [0.25, 0.3) is 0 Å². The Morgan fingerprint density at radius 1 is 1.29 bits per heavy atom. The topological polar surface area (TPSA) is 71.5 Å². The summed E-state index contributed by atoms with van der Waals surface area (Å²) in [4.78, 5) is 32.6. The fourth-order valence-electron chi connectivity index (χ4n) is 3.89. The molecule has 28 heavy (non-hydrogen) atoms. The van der Waals surface area contributed by atoms with Crippen molar-refractivity contribution in [2.45, 2.75) is 45.6 Å². The van der Waals surface area contributed by atoms with Crippen LogP contribution in [0.25, 0.3) is 0 Å². The van der Waals surface area contributed by atoms with Crippen LogP contribution in [0.1, 0.15) is 45.8 Å². The van der Waals surface area contributed by atoms with Crippen molar-refractivity contribution < 1.29 is 14.3 Å². The smallest absolute Gasteiger partial charge is 0.240 e. The van der Waals surface area contributed by atoms with Crippen molar-refractivity contribution in [3.63, 3.8) is 0 Å². The van der Waals surface area contributed by atoms with Crippen molar-refractivity contribution in [2.24, 2.45) is 0 Å². The van der Waals surface area contributed by atoms with Gasteiger partial charge in [-0.2, -0.15) is 0 Å². The molecule has 148 valence electrons. The van der Waals surface area contributed by atoms with Gasteiger partial charge in [0.2, 0.25) is 5.91 Å². The number of hydrogen-bond donors (Lipinski definition) is 1. The van der Waals surface area contributed by atoms with Crippen LogP contribution in [0, 0.1) is 20.8 Å². The molecule has 2 aliphatic rings. The lowest BCUT2D eigenvalue weighted by atomic mass is 9.82. The molecule has 1 fully saturated rings. The number of hydrogen-bond acceptors (Lipinski definition) is 6. The van der Waals surface area contributed by atoms with E-state index in [1.807, 2.05) is 39.0 Å². The number of ether oxygens (including phenoxy) is 1. The number of nitrogens with zero attached hydrogens (tertiary/aromatic N) is 2. The Bertz CT molecular complexity index is 909. The van der Waals surface area contributed by atoms with Gasteiger partial charge in [-0.1, -0.05) is 11.6 Å². The van der Waals surface area contributed by atoms with Crippen LogP contribution >= 0.6 is 11.3 Å². The van der Waals surface area contributed by atoms with E-state index < -0.39 is 5.60 Å². The Morgan fingerprint density at radius 3 is 2.71 bits per heavy atom. The monoisotopic (exact) mass is 399 g/mol. The summed E-state index contributed by atoms with van der Waals surface area (Å²) in [6.45, 7) is 7.72. The lowest BCUT2D eigenvalue weighted by Gasteiger charge is -2.43. The number of ketones is 1. The number of piperidine rings is 1. The first-order valence-electron chi connectivity index (χ1n) is 9.63. The quantitative estimate of drug-likeness (QED) is 0.855. The molecule has 4 rings (SSSR count). The molecule has 0 unspecified atom stereocenters.